The number of hydrogen-bond acceptors (Lipinski definition) is 4. The van der Waals surface area contributed by atoms with Crippen LogP contribution in [-0.2, 0) is 14.8 Å². The number of benzene rings is 1. The highest BCUT2D eigenvalue weighted by Crippen LogP contribution is 2.31. The lowest BCUT2D eigenvalue weighted by Crippen LogP contribution is -2.31. The van der Waals surface area contributed by atoms with Gasteiger partial charge in [0.05, 0.1) is 4.90 Å². The van der Waals surface area contributed by atoms with Crippen molar-refractivity contribution in [1.29, 1.82) is 0 Å². The lowest BCUT2D eigenvalue weighted by molar-refractivity contribution is -0.120. The molecule has 6 heteroatoms. The highest BCUT2D eigenvalue weighted by atomic mass is 32.2. The van der Waals surface area contributed by atoms with E-state index in [9.17, 15) is 13.2 Å². The highest BCUT2D eigenvalue weighted by molar-refractivity contribution is 7.89. The number of hydrazone groups is 1. The molecule has 0 heterocycles. The molecule has 0 amide bonds. The summed E-state index contributed by atoms with van der Waals surface area (Å²) in [5.74, 6) is 0.0968. The Bertz CT molecular complexity index is 673. The summed E-state index contributed by atoms with van der Waals surface area (Å²) in [6.07, 6.45) is 1.35. The summed E-state index contributed by atoms with van der Waals surface area (Å²) in [4.78, 5) is 14.1. The predicted molar refractivity (Wildman–Crippen MR) is 81.6 cm³/mol. The molecule has 1 fully saturated rings. The number of hydrogen-bond donors (Lipinski definition) is 1. The SMILES string of the molecule is Cc1ccc(S(=O)(=O)N/N=C2/CC(=O)CC(C)(C)C2)cc1. The van der Waals surface area contributed by atoms with Crippen molar-refractivity contribution >= 4 is 21.5 Å². The number of carbonyl (C=O) groups excluding carboxylic acids is 1. The maximum atomic E-state index is 12.1. The van der Waals surface area contributed by atoms with Crippen molar-refractivity contribution in [2.45, 2.75) is 44.9 Å². The van der Waals surface area contributed by atoms with Crippen LogP contribution in [0.5, 0.6) is 0 Å². The average Bonchev–Trinajstić information content (AvgIpc) is 2.35. The summed E-state index contributed by atoms with van der Waals surface area (Å²) in [5, 5.41) is 3.96. The molecule has 1 aliphatic rings. The van der Waals surface area contributed by atoms with E-state index in [-0.39, 0.29) is 22.5 Å². The zero-order chi connectivity index (χ0) is 15.7. The molecule has 1 N–H and O–H groups in total. The van der Waals surface area contributed by atoms with Gasteiger partial charge >= 0.3 is 0 Å². The fourth-order valence-corrected chi connectivity index (χ4v) is 3.32. The van der Waals surface area contributed by atoms with E-state index in [0.29, 0.717) is 18.6 Å². The maximum Gasteiger partial charge on any atom is 0.276 e. The molecule has 2 rings (SSSR count). The van der Waals surface area contributed by atoms with Crippen LogP contribution < -0.4 is 4.83 Å². The summed E-state index contributed by atoms with van der Waals surface area (Å²) in [6.45, 7) is 5.85. The quantitative estimate of drug-likeness (QED) is 0.871. The zero-order valence-corrected chi connectivity index (χ0v) is 13.3. The first-order chi connectivity index (χ1) is 9.68. The summed E-state index contributed by atoms with van der Waals surface area (Å²) < 4.78 is 24.3. The third-order valence-corrected chi connectivity index (χ3v) is 4.64. The number of rotatable bonds is 3. The molecule has 0 atom stereocenters. The van der Waals surface area contributed by atoms with Gasteiger partial charge in [-0.25, -0.2) is 4.83 Å². The molecular weight excluding hydrogens is 288 g/mol. The summed E-state index contributed by atoms with van der Waals surface area (Å²) in [6, 6.07) is 6.53. The normalized spacial score (nSPS) is 20.5. The van der Waals surface area contributed by atoms with Crippen molar-refractivity contribution in [1.82, 2.24) is 4.83 Å². The molecule has 0 bridgehead atoms. The van der Waals surface area contributed by atoms with Crippen LogP contribution in [0.15, 0.2) is 34.3 Å². The fraction of sp³-hybridized carbons (Fsp3) is 0.467. The van der Waals surface area contributed by atoms with Crippen LogP contribution in [0.1, 0.15) is 38.7 Å². The minimum absolute atomic E-state index is 0.0968. The molecular formula is C15H20N2O3S. The van der Waals surface area contributed by atoms with Gasteiger partial charge in [0.1, 0.15) is 5.78 Å². The van der Waals surface area contributed by atoms with Gasteiger partial charge in [-0.3, -0.25) is 4.79 Å². The van der Waals surface area contributed by atoms with Gasteiger partial charge < -0.3 is 0 Å². The highest BCUT2D eigenvalue weighted by Gasteiger charge is 2.30. The van der Waals surface area contributed by atoms with Gasteiger partial charge in [-0.1, -0.05) is 31.5 Å². The number of carbonyl (C=O) groups is 1. The van der Waals surface area contributed by atoms with E-state index in [2.05, 4.69) is 9.93 Å². The first kappa shape index (κ1) is 15.7. The van der Waals surface area contributed by atoms with Gasteiger partial charge in [-0.15, -0.1) is 0 Å². The number of Topliss-reactive ketones (excluding diaryl/α,β-unsaturated/α-hetero) is 1. The van der Waals surface area contributed by atoms with Crippen molar-refractivity contribution in [3.8, 4) is 0 Å². The Morgan fingerprint density at radius 3 is 2.33 bits per heavy atom. The molecule has 0 unspecified atom stereocenters. The zero-order valence-electron chi connectivity index (χ0n) is 12.5. The average molecular weight is 308 g/mol. The van der Waals surface area contributed by atoms with Gasteiger partial charge in [0.2, 0.25) is 0 Å². The van der Waals surface area contributed by atoms with Crippen molar-refractivity contribution in [3.63, 3.8) is 0 Å². The van der Waals surface area contributed by atoms with E-state index in [1.54, 1.807) is 12.1 Å². The van der Waals surface area contributed by atoms with Crippen LogP contribution in [0.4, 0.5) is 0 Å². The van der Waals surface area contributed by atoms with Crippen LogP contribution in [0.25, 0.3) is 0 Å². The Morgan fingerprint density at radius 1 is 1.14 bits per heavy atom. The second kappa shape index (κ2) is 5.60. The van der Waals surface area contributed by atoms with Crippen LogP contribution in [0.2, 0.25) is 0 Å². The Morgan fingerprint density at radius 2 is 1.76 bits per heavy atom. The Kier molecular flexibility index (Phi) is 4.18. The molecule has 114 valence electrons. The third-order valence-electron chi connectivity index (χ3n) is 3.41. The largest absolute Gasteiger partial charge is 0.299 e. The Hall–Kier alpha value is -1.69. The number of nitrogens with zero attached hydrogens (tertiary/aromatic N) is 1. The van der Waals surface area contributed by atoms with E-state index in [0.717, 1.165) is 5.56 Å². The predicted octanol–water partition coefficient (Wildman–Crippen LogP) is 2.41. The molecule has 0 spiro atoms. The van der Waals surface area contributed by atoms with E-state index in [4.69, 9.17) is 0 Å². The van der Waals surface area contributed by atoms with Crippen LogP contribution in [0.3, 0.4) is 0 Å². The molecule has 1 aliphatic carbocycles. The number of nitrogens with one attached hydrogen (secondary N) is 1. The number of sulfonamides is 1. The smallest absolute Gasteiger partial charge is 0.276 e. The van der Waals surface area contributed by atoms with Gasteiger partial charge in [-0.05, 0) is 30.9 Å². The minimum atomic E-state index is -3.68. The molecule has 5 nitrogen and oxygen atoms in total. The number of ketones is 1. The maximum absolute atomic E-state index is 12.1. The molecule has 0 saturated heterocycles. The second-order valence-corrected chi connectivity index (χ2v) is 7.98. The van der Waals surface area contributed by atoms with Crippen molar-refractivity contribution in [2.24, 2.45) is 10.5 Å². The first-order valence-electron chi connectivity index (χ1n) is 6.84. The molecule has 0 aromatic heterocycles. The van der Waals surface area contributed by atoms with Crippen LogP contribution >= 0.6 is 0 Å². The summed E-state index contributed by atoms with van der Waals surface area (Å²) in [7, 11) is -3.68. The second-order valence-electron chi connectivity index (χ2n) is 6.32. The van der Waals surface area contributed by atoms with Crippen molar-refractivity contribution in [2.75, 3.05) is 0 Å². The topological polar surface area (TPSA) is 75.6 Å². The molecule has 1 saturated carbocycles. The van der Waals surface area contributed by atoms with E-state index in [1.165, 1.54) is 12.1 Å². The first-order valence-corrected chi connectivity index (χ1v) is 8.32. The van der Waals surface area contributed by atoms with Gasteiger partial charge in [0.15, 0.2) is 0 Å². The molecule has 0 radical (unpaired) electrons. The van der Waals surface area contributed by atoms with E-state index < -0.39 is 10.0 Å². The van der Waals surface area contributed by atoms with Crippen LogP contribution in [-0.4, -0.2) is 19.9 Å². The molecule has 21 heavy (non-hydrogen) atoms. The summed E-state index contributed by atoms with van der Waals surface area (Å²) in [5.41, 5.74) is 1.41. The van der Waals surface area contributed by atoms with Crippen molar-refractivity contribution in [3.05, 3.63) is 29.8 Å². The lowest BCUT2D eigenvalue weighted by atomic mass is 9.76. The summed E-state index contributed by atoms with van der Waals surface area (Å²) >= 11 is 0. The van der Waals surface area contributed by atoms with Crippen molar-refractivity contribution < 1.29 is 13.2 Å². The standard InChI is InChI=1S/C15H20N2O3S/c1-11-4-6-14(7-5-11)21(19,20)17-16-12-8-13(18)10-15(2,3)9-12/h4-7,17H,8-10H2,1-3H3/b16-12-. The van der Waals surface area contributed by atoms with Crippen LogP contribution in [0, 0.1) is 12.3 Å². The van der Waals surface area contributed by atoms with Gasteiger partial charge in [0.25, 0.3) is 10.0 Å². The number of aryl methyl sites for hydroxylation is 1. The molecule has 1 aromatic rings. The lowest BCUT2D eigenvalue weighted by Gasteiger charge is -2.29. The van der Waals surface area contributed by atoms with Gasteiger partial charge in [-0.2, -0.15) is 13.5 Å². The van der Waals surface area contributed by atoms with E-state index >= 15 is 0 Å². The minimum Gasteiger partial charge on any atom is -0.299 e. The van der Waals surface area contributed by atoms with E-state index in [1.807, 2.05) is 20.8 Å². The monoisotopic (exact) mass is 308 g/mol. The molecule has 0 aliphatic heterocycles. The fourth-order valence-electron chi connectivity index (χ4n) is 2.48. The third kappa shape index (κ3) is 4.14. The Labute approximate surface area is 125 Å². The molecule has 1 aromatic carbocycles. The van der Waals surface area contributed by atoms with Gasteiger partial charge in [0, 0.05) is 18.6 Å². The Balaban J connectivity index is 2.16.